The third kappa shape index (κ3) is 5.11. The van der Waals surface area contributed by atoms with Gasteiger partial charge in [0, 0.05) is 17.3 Å². The molecule has 0 aromatic heterocycles. The first-order valence-corrected chi connectivity index (χ1v) is 7.91. The molecule has 0 fully saturated rings. The molecule has 132 valence electrons. The number of hydrogen-bond acceptors (Lipinski definition) is 5. The molecule has 0 aliphatic rings. The molecule has 0 aliphatic carbocycles. The highest BCUT2D eigenvalue weighted by Crippen LogP contribution is 2.29. The summed E-state index contributed by atoms with van der Waals surface area (Å²) in [5, 5.41) is 13.5. The highest BCUT2D eigenvalue weighted by Gasteiger charge is 2.31. The number of thioether (sulfide) groups is 1. The van der Waals surface area contributed by atoms with E-state index in [1.165, 1.54) is 36.0 Å². The van der Waals surface area contributed by atoms with Gasteiger partial charge in [0.15, 0.2) is 0 Å². The van der Waals surface area contributed by atoms with Gasteiger partial charge in [0.25, 0.3) is 11.6 Å². The second-order valence-electron chi connectivity index (χ2n) is 4.67. The molecular weight excluding hydrogens is 361 g/mol. The van der Waals surface area contributed by atoms with E-state index in [4.69, 9.17) is 0 Å². The molecule has 0 spiro atoms. The Kier molecular flexibility index (Phi) is 5.52. The summed E-state index contributed by atoms with van der Waals surface area (Å²) in [6, 6.07) is 8.56. The summed E-state index contributed by atoms with van der Waals surface area (Å²) in [7, 11) is 0. The van der Waals surface area contributed by atoms with E-state index in [0.717, 1.165) is 18.2 Å². The molecule has 2 aromatic rings. The molecule has 0 saturated heterocycles. The van der Waals surface area contributed by atoms with Gasteiger partial charge in [-0.15, -0.1) is 24.9 Å². The van der Waals surface area contributed by atoms with Crippen LogP contribution in [0.3, 0.4) is 0 Å². The highest BCUT2D eigenvalue weighted by molar-refractivity contribution is 7.98. The predicted molar refractivity (Wildman–Crippen MR) is 86.0 cm³/mol. The SMILES string of the molecule is CSc1ccc(C(=O)Nc2ccc(OC(F)(F)F)cc2)cc1[N+](=O)[O-]. The number of benzene rings is 2. The summed E-state index contributed by atoms with van der Waals surface area (Å²) < 4.78 is 40.0. The number of carbonyl (C=O) groups is 1. The van der Waals surface area contributed by atoms with Gasteiger partial charge in [0.2, 0.25) is 0 Å². The second-order valence-corrected chi connectivity index (χ2v) is 5.52. The van der Waals surface area contributed by atoms with Crippen molar-refractivity contribution in [3.05, 3.63) is 58.1 Å². The maximum absolute atomic E-state index is 12.2. The Hall–Kier alpha value is -2.75. The fraction of sp³-hybridized carbons (Fsp3) is 0.133. The maximum Gasteiger partial charge on any atom is 0.573 e. The van der Waals surface area contributed by atoms with Crippen molar-refractivity contribution >= 4 is 29.0 Å². The smallest absolute Gasteiger partial charge is 0.406 e. The van der Waals surface area contributed by atoms with Crippen molar-refractivity contribution in [3.8, 4) is 5.75 Å². The number of anilines is 1. The van der Waals surface area contributed by atoms with E-state index in [9.17, 15) is 28.1 Å². The summed E-state index contributed by atoms with van der Waals surface area (Å²) in [4.78, 5) is 23.0. The lowest BCUT2D eigenvalue weighted by Crippen LogP contribution is -2.17. The molecule has 0 atom stereocenters. The quantitative estimate of drug-likeness (QED) is 0.476. The van der Waals surface area contributed by atoms with Crippen LogP contribution in [0.4, 0.5) is 24.5 Å². The predicted octanol–water partition coefficient (Wildman–Crippen LogP) is 4.47. The number of nitro groups is 1. The first kappa shape index (κ1) is 18.6. The number of alkyl halides is 3. The highest BCUT2D eigenvalue weighted by atomic mass is 32.2. The van der Waals surface area contributed by atoms with E-state index in [0.29, 0.717) is 4.90 Å². The lowest BCUT2D eigenvalue weighted by atomic mass is 10.2. The van der Waals surface area contributed by atoms with Gasteiger partial charge in [-0.1, -0.05) is 0 Å². The number of rotatable bonds is 5. The largest absolute Gasteiger partial charge is 0.573 e. The van der Waals surface area contributed by atoms with Crippen molar-refractivity contribution in [1.82, 2.24) is 0 Å². The molecule has 6 nitrogen and oxygen atoms in total. The van der Waals surface area contributed by atoms with E-state index in [1.807, 2.05) is 0 Å². The average molecular weight is 372 g/mol. The Morgan fingerprint density at radius 2 is 1.84 bits per heavy atom. The van der Waals surface area contributed by atoms with Crippen LogP contribution in [-0.2, 0) is 0 Å². The molecule has 0 heterocycles. The third-order valence-corrected chi connectivity index (χ3v) is 3.77. The Bertz CT molecular complexity index is 794. The molecular formula is C15H11F3N2O4S. The van der Waals surface area contributed by atoms with Crippen molar-refractivity contribution in [2.45, 2.75) is 11.3 Å². The topological polar surface area (TPSA) is 81.5 Å². The molecule has 1 amide bonds. The minimum absolute atomic E-state index is 0.0557. The Morgan fingerprint density at radius 1 is 1.20 bits per heavy atom. The summed E-state index contributed by atoms with van der Waals surface area (Å²) in [6.07, 6.45) is -3.13. The summed E-state index contributed by atoms with van der Waals surface area (Å²) in [5.41, 5.74) is 0.0744. The molecule has 10 heteroatoms. The third-order valence-electron chi connectivity index (χ3n) is 2.98. The molecule has 0 unspecified atom stereocenters. The van der Waals surface area contributed by atoms with Crippen LogP contribution in [0.2, 0.25) is 0 Å². The standard InChI is InChI=1S/C15H11F3N2O4S/c1-25-13-7-2-9(8-12(13)20(22)23)14(21)19-10-3-5-11(6-4-10)24-15(16,17)18/h2-8H,1H3,(H,19,21). The Balaban J connectivity index is 2.14. The number of halogens is 3. The Morgan fingerprint density at radius 3 is 2.36 bits per heavy atom. The first-order chi connectivity index (χ1) is 11.7. The summed E-state index contributed by atoms with van der Waals surface area (Å²) in [6.45, 7) is 0. The van der Waals surface area contributed by atoms with Crippen molar-refractivity contribution in [1.29, 1.82) is 0 Å². The van der Waals surface area contributed by atoms with Gasteiger partial charge >= 0.3 is 6.36 Å². The summed E-state index contributed by atoms with van der Waals surface area (Å²) in [5.74, 6) is -1.05. The first-order valence-electron chi connectivity index (χ1n) is 6.69. The van der Waals surface area contributed by atoms with Crippen molar-refractivity contribution in [2.24, 2.45) is 0 Å². The van der Waals surface area contributed by atoms with E-state index in [2.05, 4.69) is 10.1 Å². The second kappa shape index (κ2) is 7.43. The fourth-order valence-electron chi connectivity index (χ4n) is 1.92. The van der Waals surface area contributed by atoms with Gasteiger partial charge in [-0.3, -0.25) is 14.9 Å². The lowest BCUT2D eigenvalue weighted by molar-refractivity contribution is -0.387. The molecule has 0 radical (unpaired) electrons. The Labute approximate surface area is 144 Å². The minimum atomic E-state index is -4.80. The van der Waals surface area contributed by atoms with Crippen molar-refractivity contribution < 1.29 is 27.6 Å². The maximum atomic E-state index is 12.2. The molecule has 2 aromatic carbocycles. The zero-order valence-corrected chi connectivity index (χ0v) is 13.5. The number of carbonyl (C=O) groups excluding carboxylic acids is 1. The van der Waals surface area contributed by atoms with Crippen LogP contribution in [-0.4, -0.2) is 23.4 Å². The van der Waals surface area contributed by atoms with E-state index in [-0.39, 0.29) is 16.9 Å². The van der Waals surface area contributed by atoms with Crippen LogP contribution in [0.15, 0.2) is 47.4 Å². The van der Waals surface area contributed by atoms with E-state index in [1.54, 1.807) is 6.26 Å². The molecule has 1 N–H and O–H groups in total. The number of hydrogen-bond donors (Lipinski definition) is 1. The number of nitrogens with zero attached hydrogens (tertiary/aromatic N) is 1. The van der Waals surface area contributed by atoms with Gasteiger partial charge in [-0.25, -0.2) is 0 Å². The van der Waals surface area contributed by atoms with Gasteiger partial charge in [0.05, 0.1) is 9.82 Å². The monoisotopic (exact) mass is 372 g/mol. The molecule has 25 heavy (non-hydrogen) atoms. The average Bonchev–Trinajstić information content (AvgIpc) is 2.54. The van der Waals surface area contributed by atoms with Crippen LogP contribution in [0, 0.1) is 10.1 Å². The number of nitrogens with one attached hydrogen (secondary N) is 1. The van der Waals surface area contributed by atoms with Crippen LogP contribution in [0.25, 0.3) is 0 Å². The van der Waals surface area contributed by atoms with Crippen LogP contribution >= 0.6 is 11.8 Å². The zero-order chi connectivity index (χ0) is 18.6. The van der Waals surface area contributed by atoms with Crippen molar-refractivity contribution in [3.63, 3.8) is 0 Å². The fourth-order valence-corrected chi connectivity index (χ4v) is 2.46. The van der Waals surface area contributed by atoms with Gasteiger partial charge < -0.3 is 10.1 Å². The molecule has 2 rings (SSSR count). The molecule has 0 saturated carbocycles. The number of amides is 1. The zero-order valence-electron chi connectivity index (χ0n) is 12.7. The normalized spacial score (nSPS) is 11.0. The van der Waals surface area contributed by atoms with Gasteiger partial charge in [-0.2, -0.15) is 0 Å². The van der Waals surface area contributed by atoms with Crippen LogP contribution < -0.4 is 10.1 Å². The molecule has 0 bridgehead atoms. The number of ether oxygens (including phenoxy) is 1. The minimum Gasteiger partial charge on any atom is -0.406 e. The van der Waals surface area contributed by atoms with Crippen LogP contribution in [0.1, 0.15) is 10.4 Å². The van der Waals surface area contributed by atoms with Gasteiger partial charge in [0.1, 0.15) is 5.75 Å². The molecule has 0 aliphatic heterocycles. The van der Waals surface area contributed by atoms with Crippen molar-refractivity contribution in [2.75, 3.05) is 11.6 Å². The van der Waals surface area contributed by atoms with E-state index < -0.39 is 22.9 Å². The summed E-state index contributed by atoms with van der Waals surface area (Å²) >= 11 is 1.18. The lowest BCUT2D eigenvalue weighted by Gasteiger charge is -2.10. The van der Waals surface area contributed by atoms with Crippen LogP contribution in [0.5, 0.6) is 5.75 Å². The van der Waals surface area contributed by atoms with E-state index >= 15 is 0 Å². The van der Waals surface area contributed by atoms with Gasteiger partial charge in [-0.05, 0) is 42.7 Å². The number of nitro benzene ring substituents is 1.